The van der Waals surface area contributed by atoms with Gasteiger partial charge in [-0.1, -0.05) is 30.3 Å². The summed E-state index contributed by atoms with van der Waals surface area (Å²) in [6.45, 7) is 5.06. The van der Waals surface area contributed by atoms with Gasteiger partial charge in [-0.2, -0.15) is 0 Å². The average molecular weight is 310 g/mol. The zero-order valence-electron chi connectivity index (χ0n) is 13.4. The fourth-order valence-electron chi connectivity index (χ4n) is 2.74. The van der Waals surface area contributed by atoms with Crippen molar-refractivity contribution in [1.82, 2.24) is 10.2 Å². The molecule has 3 rings (SSSR count). The lowest BCUT2D eigenvalue weighted by atomic mass is 10.1. The smallest absolute Gasteiger partial charge is 0.254 e. The van der Waals surface area contributed by atoms with Crippen molar-refractivity contribution in [1.29, 1.82) is 0 Å². The van der Waals surface area contributed by atoms with E-state index < -0.39 is 0 Å². The third-order valence-corrected chi connectivity index (χ3v) is 4.11. The molecule has 4 nitrogen and oxygen atoms in total. The maximum Gasteiger partial charge on any atom is 0.254 e. The van der Waals surface area contributed by atoms with Crippen molar-refractivity contribution in [3.05, 3.63) is 65.7 Å². The Kier molecular flexibility index (Phi) is 4.93. The third-order valence-electron chi connectivity index (χ3n) is 4.11. The second kappa shape index (κ2) is 7.29. The average Bonchev–Trinajstić information content (AvgIpc) is 2.61. The molecule has 0 aliphatic carbocycles. The Bertz CT molecular complexity index is 640. The number of rotatable bonds is 4. The minimum atomic E-state index is 0.106. The van der Waals surface area contributed by atoms with E-state index in [-0.39, 0.29) is 11.9 Å². The third kappa shape index (κ3) is 3.90. The van der Waals surface area contributed by atoms with E-state index in [4.69, 9.17) is 4.74 Å². The fraction of sp³-hybridized carbons (Fsp3) is 0.316. The minimum absolute atomic E-state index is 0.106. The predicted molar refractivity (Wildman–Crippen MR) is 90.6 cm³/mol. The molecule has 0 unspecified atom stereocenters. The molecule has 1 fully saturated rings. The van der Waals surface area contributed by atoms with E-state index in [0.717, 1.165) is 36.5 Å². The van der Waals surface area contributed by atoms with E-state index in [1.807, 2.05) is 59.5 Å². The van der Waals surface area contributed by atoms with Gasteiger partial charge < -0.3 is 15.0 Å². The van der Waals surface area contributed by atoms with E-state index in [1.54, 1.807) is 0 Å². The van der Waals surface area contributed by atoms with Crippen LogP contribution < -0.4 is 10.1 Å². The Morgan fingerprint density at radius 1 is 1.17 bits per heavy atom. The fourth-order valence-corrected chi connectivity index (χ4v) is 2.74. The number of carbonyl (C=O) groups excluding carboxylic acids is 1. The van der Waals surface area contributed by atoms with Crippen LogP contribution in [0.15, 0.2) is 54.6 Å². The first-order valence-electron chi connectivity index (χ1n) is 8.02. The second-order valence-electron chi connectivity index (χ2n) is 5.85. The van der Waals surface area contributed by atoms with Crippen LogP contribution in [0.5, 0.6) is 5.75 Å². The summed E-state index contributed by atoms with van der Waals surface area (Å²) in [5.41, 5.74) is 1.79. The van der Waals surface area contributed by atoms with E-state index in [0.29, 0.717) is 6.61 Å². The number of nitrogens with zero attached hydrogens (tertiary/aromatic N) is 1. The molecule has 1 amide bonds. The number of piperazine rings is 1. The van der Waals surface area contributed by atoms with Gasteiger partial charge >= 0.3 is 0 Å². The Balaban J connectivity index is 1.61. The van der Waals surface area contributed by atoms with Crippen molar-refractivity contribution in [2.24, 2.45) is 0 Å². The van der Waals surface area contributed by atoms with Gasteiger partial charge in [0.25, 0.3) is 5.91 Å². The number of carbonyl (C=O) groups is 1. The normalized spacial score (nSPS) is 17.8. The summed E-state index contributed by atoms with van der Waals surface area (Å²) >= 11 is 0. The molecule has 4 heteroatoms. The molecule has 1 aliphatic heterocycles. The molecular formula is C19H22N2O2. The van der Waals surface area contributed by atoms with Crippen molar-refractivity contribution in [2.75, 3.05) is 19.6 Å². The molecule has 1 atom stereocenters. The van der Waals surface area contributed by atoms with Gasteiger partial charge in [0.2, 0.25) is 0 Å². The van der Waals surface area contributed by atoms with Crippen LogP contribution in [0.25, 0.3) is 0 Å². The molecule has 2 aromatic carbocycles. The summed E-state index contributed by atoms with van der Waals surface area (Å²) in [6, 6.07) is 17.7. The van der Waals surface area contributed by atoms with E-state index in [1.165, 1.54) is 0 Å². The highest BCUT2D eigenvalue weighted by Crippen LogP contribution is 2.14. The van der Waals surface area contributed by atoms with Gasteiger partial charge in [0.15, 0.2) is 0 Å². The molecule has 1 saturated heterocycles. The topological polar surface area (TPSA) is 41.6 Å². The number of nitrogens with one attached hydrogen (secondary N) is 1. The van der Waals surface area contributed by atoms with Crippen LogP contribution in [-0.4, -0.2) is 36.5 Å². The molecule has 1 N–H and O–H groups in total. The highest BCUT2D eigenvalue weighted by molar-refractivity contribution is 5.94. The first kappa shape index (κ1) is 15.6. The quantitative estimate of drug-likeness (QED) is 0.944. The van der Waals surface area contributed by atoms with Crippen molar-refractivity contribution < 1.29 is 9.53 Å². The van der Waals surface area contributed by atoms with Crippen molar-refractivity contribution in [3.63, 3.8) is 0 Å². The summed E-state index contributed by atoms with van der Waals surface area (Å²) < 4.78 is 5.72. The van der Waals surface area contributed by atoms with Crippen LogP contribution in [0.3, 0.4) is 0 Å². The van der Waals surface area contributed by atoms with E-state index in [2.05, 4.69) is 12.2 Å². The monoisotopic (exact) mass is 310 g/mol. The molecule has 0 bridgehead atoms. The van der Waals surface area contributed by atoms with Crippen molar-refractivity contribution in [2.45, 2.75) is 19.6 Å². The lowest BCUT2D eigenvalue weighted by Crippen LogP contribution is -2.52. The molecule has 0 spiro atoms. The van der Waals surface area contributed by atoms with Crippen molar-refractivity contribution >= 4 is 5.91 Å². The van der Waals surface area contributed by atoms with Crippen LogP contribution in [0.2, 0.25) is 0 Å². The first-order valence-corrected chi connectivity index (χ1v) is 8.02. The zero-order chi connectivity index (χ0) is 16.1. The van der Waals surface area contributed by atoms with Crippen LogP contribution in [-0.2, 0) is 6.61 Å². The van der Waals surface area contributed by atoms with Crippen LogP contribution >= 0.6 is 0 Å². The number of para-hydroxylation sites is 1. The summed E-state index contributed by atoms with van der Waals surface area (Å²) in [4.78, 5) is 14.5. The van der Waals surface area contributed by atoms with Gasteiger partial charge in [0.05, 0.1) is 0 Å². The van der Waals surface area contributed by atoms with Gasteiger partial charge in [0, 0.05) is 31.2 Å². The number of amides is 1. The largest absolute Gasteiger partial charge is 0.489 e. The highest BCUT2D eigenvalue weighted by Gasteiger charge is 2.23. The first-order chi connectivity index (χ1) is 11.2. The molecular weight excluding hydrogens is 288 g/mol. The number of benzene rings is 2. The maximum absolute atomic E-state index is 12.6. The molecule has 120 valence electrons. The number of hydrogen-bond acceptors (Lipinski definition) is 3. The summed E-state index contributed by atoms with van der Waals surface area (Å²) in [6.07, 6.45) is 0. The molecule has 2 aromatic rings. The van der Waals surface area contributed by atoms with E-state index in [9.17, 15) is 4.79 Å². The van der Waals surface area contributed by atoms with Crippen LogP contribution in [0.4, 0.5) is 0 Å². The van der Waals surface area contributed by atoms with Crippen molar-refractivity contribution in [3.8, 4) is 5.75 Å². The number of hydrogen-bond donors (Lipinski definition) is 1. The second-order valence-corrected chi connectivity index (χ2v) is 5.85. The minimum Gasteiger partial charge on any atom is -0.489 e. The predicted octanol–water partition coefficient (Wildman–Crippen LogP) is 2.70. The highest BCUT2D eigenvalue weighted by atomic mass is 16.5. The molecule has 1 heterocycles. The summed E-state index contributed by atoms with van der Waals surface area (Å²) in [7, 11) is 0. The lowest BCUT2D eigenvalue weighted by Gasteiger charge is -2.34. The van der Waals surface area contributed by atoms with Gasteiger partial charge in [0.1, 0.15) is 12.4 Å². The molecule has 0 radical (unpaired) electrons. The van der Waals surface area contributed by atoms with Crippen LogP contribution in [0, 0.1) is 0 Å². The Morgan fingerprint density at radius 3 is 2.61 bits per heavy atom. The SMILES string of the molecule is C[C@@H]1CNCCN1C(=O)c1ccc(COc2ccccc2)cc1. The van der Waals surface area contributed by atoms with Gasteiger partial charge in [-0.25, -0.2) is 0 Å². The lowest BCUT2D eigenvalue weighted by molar-refractivity contribution is 0.0655. The van der Waals surface area contributed by atoms with Gasteiger partial charge in [-0.15, -0.1) is 0 Å². The molecule has 1 aliphatic rings. The maximum atomic E-state index is 12.6. The Labute approximate surface area is 137 Å². The van der Waals surface area contributed by atoms with Gasteiger partial charge in [-0.05, 0) is 36.8 Å². The number of ether oxygens (including phenoxy) is 1. The molecule has 0 aromatic heterocycles. The Hall–Kier alpha value is -2.33. The Morgan fingerprint density at radius 2 is 1.91 bits per heavy atom. The van der Waals surface area contributed by atoms with Gasteiger partial charge in [-0.3, -0.25) is 4.79 Å². The van der Waals surface area contributed by atoms with Crippen LogP contribution in [0.1, 0.15) is 22.8 Å². The molecule has 0 saturated carbocycles. The summed E-state index contributed by atoms with van der Waals surface area (Å²) in [5, 5.41) is 3.30. The zero-order valence-corrected chi connectivity index (χ0v) is 13.4. The molecule has 23 heavy (non-hydrogen) atoms. The summed E-state index contributed by atoms with van der Waals surface area (Å²) in [5.74, 6) is 0.955. The standard InChI is InChI=1S/C19H22N2O2/c1-15-13-20-11-12-21(15)19(22)17-9-7-16(8-10-17)14-23-18-5-3-2-4-6-18/h2-10,15,20H,11-14H2,1H3/t15-/m1/s1. The van der Waals surface area contributed by atoms with E-state index >= 15 is 0 Å².